The smallest absolute Gasteiger partial charge is 0.251 e. The van der Waals surface area contributed by atoms with Crippen molar-refractivity contribution in [2.45, 2.75) is 26.3 Å². The molecule has 8 heteroatoms. The van der Waals surface area contributed by atoms with E-state index < -0.39 is 5.91 Å². The number of benzene rings is 1. The van der Waals surface area contributed by atoms with Crippen molar-refractivity contribution in [1.82, 2.24) is 10.6 Å². The van der Waals surface area contributed by atoms with Gasteiger partial charge in [0.25, 0.3) is 5.91 Å². The van der Waals surface area contributed by atoms with Gasteiger partial charge in [0.1, 0.15) is 0 Å². The summed E-state index contributed by atoms with van der Waals surface area (Å²) in [6.45, 7) is 5.38. The highest BCUT2D eigenvalue weighted by Crippen LogP contribution is 2.10. The van der Waals surface area contributed by atoms with E-state index >= 15 is 0 Å². The third-order valence-electron chi connectivity index (χ3n) is 2.55. The Hall–Kier alpha value is -2.12. The lowest BCUT2D eigenvalue weighted by molar-refractivity contribution is -0.123. The monoisotopic (exact) mass is 342 g/mol. The van der Waals surface area contributed by atoms with Crippen LogP contribution in [0.5, 0.6) is 0 Å². The van der Waals surface area contributed by atoms with Gasteiger partial charge in [-0.15, -0.1) is 12.4 Å². The molecule has 0 fully saturated rings. The van der Waals surface area contributed by atoms with Gasteiger partial charge in [-0.1, -0.05) is 0 Å². The van der Waals surface area contributed by atoms with Gasteiger partial charge in [0.2, 0.25) is 11.8 Å². The van der Waals surface area contributed by atoms with Crippen LogP contribution >= 0.6 is 12.4 Å². The number of rotatable bonds is 5. The lowest BCUT2D eigenvalue weighted by Crippen LogP contribution is -2.40. The van der Waals surface area contributed by atoms with Gasteiger partial charge in [-0.2, -0.15) is 0 Å². The molecule has 0 bridgehead atoms. The maximum atomic E-state index is 11.9. The van der Waals surface area contributed by atoms with E-state index in [-0.39, 0.29) is 42.8 Å². The van der Waals surface area contributed by atoms with E-state index in [1.54, 1.807) is 24.3 Å². The van der Waals surface area contributed by atoms with Gasteiger partial charge in [-0.3, -0.25) is 14.4 Å². The summed E-state index contributed by atoms with van der Waals surface area (Å²) in [5.41, 5.74) is 5.85. The molecule has 0 unspecified atom stereocenters. The molecule has 128 valence electrons. The first kappa shape index (κ1) is 20.9. The largest absolute Gasteiger partial charge is 0.347 e. The van der Waals surface area contributed by atoms with Crippen LogP contribution < -0.4 is 21.7 Å². The van der Waals surface area contributed by atoms with Crippen LogP contribution in [0.2, 0.25) is 0 Å². The molecule has 3 amide bonds. The third-order valence-corrected chi connectivity index (χ3v) is 2.55. The van der Waals surface area contributed by atoms with Crippen molar-refractivity contribution in [3.05, 3.63) is 29.8 Å². The molecule has 0 atom stereocenters. The van der Waals surface area contributed by atoms with E-state index in [9.17, 15) is 14.4 Å². The lowest BCUT2D eigenvalue weighted by Gasteiger charge is -2.20. The zero-order chi connectivity index (χ0) is 16.8. The first-order valence-electron chi connectivity index (χ1n) is 6.90. The number of carbonyl (C=O) groups excluding carboxylic acids is 3. The van der Waals surface area contributed by atoms with E-state index in [4.69, 9.17) is 5.73 Å². The second kappa shape index (κ2) is 9.12. The first-order chi connectivity index (χ1) is 10.2. The Balaban J connectivity index is 0.00000484. The number of nitrogens with two attached hydrogens (primary N) is 1. The molecule has 1 aromatic carbocycles. The molecule has 0 spiro atoms. The van der Waals surface area contributed by atoms with Gasteiger partial charge < -0.3 is 21.7 Å². The fraction of sp³-hybridized carbons (Fsp3) is 0.400. The summed E-state index contributed by atoms with van der Waals surface area (Å²) >= 11 is 0. The number of carbonyl (C=O) groups is 3. The third kappa shape index (κ3) is 8.18. The second-order valence-electron chi connectivity index (χ2n) is 5.81. The van der Waals surface area contributed by atoms with E-state index in [1.165, 1.54) is 0 Å². The summed E-state index contributed by atoms with van der Waals surface area (Å²) in [4.78, 5) is 34.5. The number of halogens is 1. The van der Waals surface area contributed by atoms with E-state index in [0.29, 0.717) is 11.3 Å². The average molecular weight is 343 g/mol. The Morgan fingerprint density at radius 1 is 1.04 bits per heavy atom. The minimum atomic E-state index is -0.399. The highest BCUT2D eigenvalue weighted by molar-refractivity contribution is 5.97. The standard InChI is InChI=1S/C15H22N4O3.ClH/c1-15(2,3)19-14(22)10-4-6-11(7-5-10)18-13(21)9-17-12(20)8-16;/h4-7H,8-9,16H2,1-3H3,(H,17,20)(H,18,21)(H,19,22);1H. The van der Waals surface area contributed by atoms with Crippen molar-refractivity contribution >= 4 is 35.8 Å². The van der Waals surface area contributed by atoms with Gasteiger partial charge >= 0.3 is 0 Å². The number of amides is 3. The highest BCUT2D eigenvalue weighted by atomic mass is 35.5. The molecule has 0 aromatic heterocycles. The molecule has 0 aliphatic carbocycles. The fourth-order valence-corrected chi connectivity index (χ4v) is 1.57. The molecular formula is C15H23ClN4O3. The molecule has 0 saturated heterocycles. The van der Waals surface area contributed by atoms with Gasteiger partial charge in [0.15, 0.2) is 0 Å². The molecule has 0 radical (unpaired) electrons. The Morgan fingerprint density at radius 2 is 1.61 bits per heavy atom. The van der Waals surface area contributed by atoms with Gasteiger partial charge in [0, 0.05) is 16.8 Å². The van der Waals surface area contributed by atoms with Crippen LogP contribution in [0, 0.1) is 0 Å². The second-order valence-corrected chi connectivity index (χ2v) is 5.81. The molecule has 0 saturated carbocycles. The molecule has 1 aromatic rings. The Morgan fingerprint density at radius 3 is 2.09 bits per heavy atom. The van der Waals surface area contributed by atoms with E-state index in [2.05, 4.69) is 16.0 Å². The lowest BCUT2D eigenvalue weighted by atomic mass is 10.1. The average Bonchev–Trinajstić information content (AvgIpc) is 2.43. The Bertz CT molecular complexity index is 553. The predicted molar refractivity (Wildman–Crippen MR) is 91.6 cm³/mol. The topological polar surface area (TPSA) is 113 Å². The Kier molecular flexibility index (Phi) is 8.28. The van der Waals surface area contributed by atoms with Crippen molar-refractivity contribution in [3.63, 3.8) is 0 Å². The maximum absolute atomic E-state index is 11.9. The molecule has 0 aliphatic rings. The van der Waals surface area contributed by atoms with Crippen LogP contribution in [0.1, 0.15) is 31.1 Å². The zero-order valence-electron chi connectivity index (χ0n) is 13.4. The SMILES string of the molecule is CC(C)(C)NC(=O)c1ccc(NC(=O)CNC(=O)CN)cc1.Cl. The minimum Gasteiger partial charge on any atom is -0.347 e. The van der Waals surface area contributed by atoms with Crippen LogP contribution in [0.4, 0.5) is 5.69 Å². The van der Waals surface area contributed by atoms with Gasteiger partial charge in [0.05, 0.1) is 13.1 Å². The van der Waals surface area contributed by atoms with Crippen molar-refractivity contribution in [2.75, 3.05) is 18.4 Å². The number of hydrogen-bond donors (Lipinski definition) is 4. The molecular weight excluding hydrogens is 320 g/mol. The molecule has 1 rings (SSSR count). The number of hydrogen-bond acceptors (Lipinski definition) is 4. The number of anilines is 1. The van der Waals surface area contributed by atoms with Crippen molar-refractivity contribution < 1.29 is 14.4 Å². The highest BCUT2D eigenvalue weighted by Gasteiger charge is 2.15. The predicted octanol–water partition coefficient (Wildman–Crippen LogP) is 0.650. The van der Waals surface area contributed by atoms with Crippen LogP contribution in [0.3, 0.4) is 0 Å². The van der Waals surface area contributed by atoms with E-state index in [1.807, 2.05) is 20.8 Å². The molecule has 7 nitrogen and oxygen atoms in total. The summed E-state index contributed by atoms with van der Waals surface area (Å²) in [6.07, 6.45) is 0. The minimum absolute atomic E-state index is 0. The summed E-state index contributed by atoms with van der Waals surface area (Å²) in [7, 11) is 0. The van der Waals surface area contributed by atoms with Crippen molar-refractivity contribution in [1.29, 1.82) is 0 Å². The summed E-state index contributed by atoms with van der Waals surface area (Å²) in [5.74, 6) is -0.946. The Labute approximate surface area is 141 Å². The maximum Gasteiger partial charge on any atom is 0.251 e. The normalized spacial score (nSPS) is 10.3. The van der Waals surface area contributed by atoms with E-state index in [0.717, 1.165) is 0 Å². The first-order valence-corrected chi connectivity index (χ1v) is 6.90. The van der Waals surface area contributed by atoms with Gasteiger partial charge in [-0.25, -0.2) is 0 Å². The zero-order valence-corrected chi connectivity index (χ0v) is 14.3. The van der Waals surface area contributed by atoms with Crippen molar-refractivity contribution in [3.8, 4) is 0 Å². The summed E-state index contributed by atoms with van der Waals surface area (Å²) in [5, 5.41) is 7.83. The van der Waals surface area contributed by atoms with Crippen LogP contribution in [-0.2, 0) is 9.59 Å². The quantitative estimate of drug-likeness (QED) is 0.629. The summed E-state index contributed by atoms with van der Waals surface area (Å²) < 4.78 is 0. The molecule has 5 N–H and O–H groups in total. The van der Waals surface area contributed by atoms with Gasteiger partial charge in [-0.05, 0) is 45.0 Å². The molecule has 0 heterocycles. The van der Waals surface area contributed by atoms with Crippen molar-refractivity contribution in [2.24, 2.45) is 5.73 Å². The van der Waals surface area contributed by atoms with Crippen LogP contribution in [0.15, 0.2) is 24.3 Å². The molecule has 23 heavy (non-hydrogen) atoms. The molecule has 0 aliphatic heterocycles. The van der Waals surface area contributed by atoms with Crippen LogP contribution in [-0.4, -0.2) is 36.3 Å². The fourth-order valence-electron chi connectivity index (χ4n) is 1.57. The summed E-state index contributed by atoms with van der Waals surface area (Å²) in [6, 6.07) is 6.49. The number of nitrogens with one attached hydrogen (secondary N) is 3. The van der Waals surface area contributed by atoms with Crippen LogP contribution in [0.25, 0.3) is 0 Å².